The summed E-state index contributed by atoms with van der Waals surface area (Å²) in [6.07, 6.45) is 5.00. The van der Waals surface area contributed by atoms with Crippen LogP contribution in [0.5, 0.6) is 0 Å². The Morgan fingerprint density at radius 1 is 1.40 bits per heavy atom. The molecule has 0 fully saturated rings. The monoisotopic (exact) mass is 342 g/mol. The molecule has 6 heteroatoms. The third kappa shape index (κ3) is 3.63. The summed E-state index contributed by atoms with van der Waals surface area (Å²) < 4.78 is 15.3. The first-order valence-corrected chi connectivity index (χ1v) is 8.35. The van der Waals surface area contributed by atoms with Crippen molar-refractivity contribution in [1.82, 2.24) is 15.1 Å². The minimum Gasteiger partial charge on any atom is -0.405 e. The van der Waals surface area contributed by atoms with Gasteiger partial charge in [-0.15, -0.1) is 0 Å². The smallest absolute Gasteiger partial charge is 0.270 e. The molecule has 0 unspecified atom stereocenters. The van der Waals surface area contributed by atoms with Crippen molar-refractivity contribution in [2.24, 2.45) is 5.73 Å². The van der Waals surface area contributed by atoms with Gasteiger partial charge >= 0.3 is 0 Å². The average molecular weight is 342 g/mol. The van der Waals surface area contributed by atoms with Crippen LogP contribution in [0, 0.1) is 5.82 Å². The zero-order chi connectivity index (χ0) is 18.4. The highest BCUT2D eigenvalue weighted by Gasteiger charge is 2.28. The van der Waals surface area contributed by atoms with Crippen molar-refractivity contribution >= 4 is 11.5 Å². The van der Waals surface area contributed by atoms with Crippen LogP contribution in [0.15, 0.2) is 42.6 Å². The lowest BCUT2D eigenvalue weighted by atomic mass is 9.97. The molecule has 0 spiro atoms. The second-order valence-corrected chi connectivity index (χ2v) is 5.16. The number of aromatic nitrogens is 2. The largest absolute Gasteiger partial charge is 0.405 e. The SMILES string of the molecule is C/C=C(\C=C/N)c1nn2c(c1-c1cccc(F)c1)C(=O)NCC2.CC. The van der Waals surface area contributed by atoms with E-state index in [-0.39, 0.29) is 11.7 Å². The summed E-state index contributed by atoms with van der Waals surface area (Å²) in [5.74, 6) is -0.567. The minimum atomic E-state index is -0.360. The van der Waals surface area contributed by atoms with Gasteiger partial charge in [-0.3, -0.25) is 9.48 Å². The van der Waals surface area contributed by atoms with Gasteiger partial charge in [0.25, 0.3) is 5.91 Å². The lowest BCUT2D eigenvalue weighted by molar-refractivity contribution is 0.0925. The lowest BCUT2D eigenvalue weighted by Crippen LogP contribution is -2.35. The average Bonchev–Trinajstić information content (AvgIpc) is 3.02. The zero-order valence-corrected chi connectivity index (χ0v) is 14.7. The number of carbonyl (C=O) groups is 1. The first-order valence-electron chi connectivity index (χ1n) is 8.35. The molecule has 0 saturated carbocycles. The number of hydrogen-bond donors (Lipinski definition) is 2. The Morgan fingerprint density at radius 3 is 2.80 bits per heavy atom. The minimum absolute atomic E-state index is 0.207. The van der Waals surface area contributed by atoms with Crippen molar-refractivity contribution in [2.75, 3.05) is 6.54 Å². The predicted octanol–water partition coefficient (Wildman–Crippen LogP) is 3.33. The van der Waals surface area contributed by atoms with Crippen LogP contribution in [0.1, 0.15) is 37.0 Å². The van der Waals surface area contributed by atoms with E-state index in [0.717, 1.165) is 5.57 Å². The number of allylic oxidation sites excluding steroid dienone is 3. The first kappa shape index (κ1) is 18.4. The molecule has 1 amide bonds. The van der Waals surface area contributed by atoms with Gasteiger partial charge in [0.05, 0.1) is 6.54 Å². The van der Waals surface area contributed by atoms with E-state index in [1.165, 1.54) is 18.3 Å². The van der Waals surface area contributed by atoms with Crippen LogP contribution >= 0.6 is 0 Å². The molecule has 1 aliphatic rings. The molecule has 5 nitrogen and oxygen atoms in total. The Kier molecular flexibility index (Phi) is 6.11. The molecule has 2 heterocycles. The van der Waals surface area contributed by atoms with Crippen molar-refractivity contribution in [3.05, 3.63) is 59.8 Å². The highest BCUT2D eigenvalue weighted by molar-refractivity contribution is 6.03. The van der Waals surface area contributed by atoms with E-state index in [0.29, 0.717) is 35.6 Å². The third-order valence-electron chi connectivity index (χ3n) is 3.75. The summed E-state index contributed by atoms with van der Waals surface area (Å²) >= 11 is 0. The van der Waals surface area contributed by atoms with Gasteiger partial charge in [-0.1, -0.05) is 32.1 Å². The molecule has 3 rings (SSSR count). The highest BCUT2D eigenvalue weighted by atomic mass is 19.1. The Bertz CT molecular complexity index is 821. The standard InChI is InChI=1S/C17H17FN4O.C2H6/c1-2-11(6-7-19)15-14(12-4-3-5-13(18)10-12)16-17(23)20-8-9-22(16)21-15;1-2/h2-7,10H,8-9,19H2,1H3,(H,20,23);1-2H3/b7-6-,11-2+;. The molecular formula is C19H23FN4O. The topological polar surface area (TPSA) is 72.9 Å². The maximum Gasteiger partial charge on any atom is 0.270 e. The molecule has 0 radical (unpaired) electrons. The Hall–Kier alpha value is -2.89. The number of carbonyl (C=O) groups excluding carboxylic acids is 1. The van der Waals surface area contributed by atoms with Crippen molar-refractivity contribution < 1.29 is 9.18 Å². The normalized spacial score (nSPS) is 13.9. The number of amides is 1. The van der Waals surface area contributed by atoms with Crippen molar-refractivity contribution in [1.29, 1.82) is 0 Å². The van der Waals surface area contributed by atoms with Gasteiger partial charge in [0.15, 0.2) is 0 Å². The lowest BCUT2D eigenvalue weighted by Gasteiger charge is -2.15. The van der Waals surface area contributed by atoms with Gasteiger partial charge in [-0.2, -0.15) is 5.10 Å². The maximum absolute atomic E-state index is 13.7. The maximum atomic E-state index is 13.7. The van der Waals surface area contributed by atoms with Gasteiger partial charge in [-0.25, -0.2) is 4.39 Å². The van der Waals surface area contributed by atoms with Gasteiger partial charge < -0.3 is 11.1 Å². The summed E-state index contributed by atoms with van der Waals surface area (Å²) in [5, 5.41) is 7.36. The van der Waals surface area contributed by atoms with Crippen LogP contribution in [0.3, 0.4) is 0 Å². The van der Waals surface area contributed by atoms with E-state index < -0.39 is 0 Å². The molecule has 1 aliphatic heterocycles. The molecule has 0 aliphatic carbocycles. The molecule has 1 aromatic heterocycles. The number of hydrogen-bond acceptors (Lipinski definition) is 3. The summed E-state index contributed by atoms with van der Waals surface area (Å²) in [7, 11) is 0. The van der Waals surface area contributed by atoms with Crippen molar-refractivity contribution in [3.8, 4) is 11.1 Å². The number of halogens is 1. The zero-order valence-electron chi connectivity index (χ0n) is 14.7. The number of nitrogens with two attached hydrogens (primary N) is 1. The molecule has 0 saturated heterocycles. The molecule has 1 aromatic carbocycles. The fourth-order valence-corrected chi connectivity index (χ4v) is 2.75. The van der Waals surface area contributed by atoms with E-state index in [2.05, 4.69) is 10.4 Å². The molecule has 2 aromatic rings. The summed E-state index contributed by atoms with van der Waals surface area (Å²) in [6, 6.07) is 6.16. The third-order valence-corrected chi connectivity index (χ3v) is 3.75. The number of rotatable bonds is 3. The molecule has 132 valence electrons. The molecular weight excluding hydrogens is 319 g/mol. The second-order valence-electron chi connectivity index (χ2n) is 5.16. The second kappa shape index (κ2) is 8.28. The van der Waals surface area contributed by atoms with E-state index in [1.807, 2.05) is 26.8 Å². The van der Waals surface area contributed by atoms with Gasteiger partial charge in [0.1, 0.15) is 17.2 Å². The molecule has 0 bridgehead atoms. The number of fused-ring (bicyclic) bond motifs is 1. The first-order chi connectivity index (χ1) is 12.2. The molecule has 0 atom stereocenters. The fourth-order valence-electron chi connectivity index (χ4n) is 2.75. The number of benzene rings is 1. The van der Waals surface area contributed by atoms with E-state index in [9.17, 15) is 9.18 Å². The van der Waals surface area contributed by atoms with Gasteiger partial charge in [0.2, 0.25) is 0 Å². The quantitative estimate of drug-likeness (QED) is 0.840. The summed E-state index contributed by atoms with van der Waals surface area (Å²) in [4.78, 5) is 12.3. The fraction of sp³-hybridized carbons (Fsp3) is 0.263. The van der Waals surface area contributed by atoms with Crippen LogP contribution in [0.25, 0.3) is 16.7 Å². The van der Waals surface area contributed by atoms with E-state index in [4.69, 9.17) is 5.73 Å². The summed E-state index contributed by atoms with van der Waals surface area (Å²) in [6.45, 7) is 6.96. The Balaban J connectivity index is 0.00000109. The highest BCUT2D eigenvalue weighted by Crippen LogP contribution is 2.33. The van der Waals surface area contributed by atoms with Gasteiger partial charge in [-0.05, 0) is 42.5 Å². The Morgan fingerprint density at radius 2 is 2.16 bits per heavy atom. The van der Waals surface area contributed by atoms with E-state index >= 15 is 0 Å². The van der Waals surface area contributed by atoms with Crippen LogP contribution in [0.4, 0.5) is 4.39 Å². The summed E-state index contributed by atoms with van der Waals surface area (Å²) in [5.41, 5.74) is 8.58. The van der Waals surface area contributed by atoms with Crippen LogP contribution in [-0.4, -0.2) is 22.2 Å². The number of nitrogens with zero attached hydrogens (tertiary/aromatic N) is 2. The molecule has 25 heavy (non-hydrogen) atoms. The van der Waals surface area contributed by atoms with Crippen LogP contribution < -0.4 is 11.1 Å². The molecule has 3 N–H and O–H groups in total. The van der Waals surface area contributed by atoms with Crippen LogP contribution in [0.2, 0.25) is 0 Å². The van der Waals surface area contributed by atoms with Crippen molar-refractivity contribution in [2.45, 2.75) is 27.3 Å². The van der Waals surface area contributed by atoms with Crippen LogP contribution in [-0.2, 0) is 6.54 Å². The Labute approximate surface area is 147 Å². The van der Waals surface area contributed by atoms with E-state index in [1.54, 1.807) is 22.9 Å². The van der Waals surface area contributed by atoms with Crippen molar-refractivity contribution in [3.63, 3.8) is 0 Å². The number of nitrogens with one attached hydrogen (secondary N) is 1. The van der Waals surface area contributed by atoms with Gasteiger partial charge in [0, 0.05) is 12.1 Å². The predicted molar refractivity (Wildman–Crippen MR) is 98.3 cm³/mol.